The van der Waals surface area contributed by atoms with Gasteiger partial charge < -0.3 is 4.98 Å². The van der Waals surface area contributed by atoms with Gasteiger partial charge in [0, 0.05) is 18.0 Å². The lowest BCUT2D eigenvalue weighted by Crippen LogP contribution is -2.26. The van der Waals surface area contributed by atoms with Gasteiger partial charge in [-0.15, -0.1) is 0 Å². The fourth-order valence-corrected chi connectivity index (χ4v) is 1.02. The second kappa shape index (κ2) is 3.83. The summed E-state index contributed by atoms with van der Waals surface area (Å²) in [6, 6.07) is 8.34. The molecule has 0 aliphatic rings. The minimum absolute atomic E-state index is 0.0868. The summed E-state index contributed by atoms with van der Waals surface area (Å²) in [6.45, 7) is 0. The van der Waals surface area contributed by atoms with E-state index in [0.29, 0.717) is 0 Å². The predicted molar refractivity (Wildman–Crippen MR) is 49.2 cm³/mol. The Kier molecular flexibility index (Phi) is 2.36. The molecule has 0 bridgehead atoms. The SMILES string of the molecule is Fc1cccnc1[N-][n+]1ccccc1. The molecule has 0 aromatic carbocycles. The molecular formula is C10H8FN3. The van der Waals surface area contributed by atoms with Crippen LogP contribution in [0.5, 0.6) is 0 Å². The fraction of sp³-hybridized carbons (Fsp3) is 0. The number of pyridine rings is 2. The van der Waals surface area contributed by atoms with E-state index in [1.54, 1.807) is 12.4 Å². The Labute approximate surface area is 80.8 Å². The van der Waals surface area contributed by atoms with E-state index >= 15 is 0 Å². The van der Waals surface area contributed by atoms with Crippen LogP contribution in [0.25, 0.3) is 5.43 Å². The number of nitrogens with zero attached hydrogens (tertiary/aromatic N) is 3. The highest BCUT2D eigenvalue weighted by atomic mass is 19.1. The van der Waals surface area contributed by atoms with Crippen molar-refractivity contribution in [2.45, 2.75) is 0 Å². The molecular weight excluding hydrogens is 181 g/mol. The summed E-state index contributed by atoms with van der Waals surface area (Å²) in [5.41, 5.74) is 3.97. The summed E-state index contributed by atoms with van der Waals surface area (Å²) in [7, 11) is 0. The number of hydrogen-bond acceptors (Lipinski definition) is 1. The first kappa shape index (κ1) is 8.62. The summed E-state index contributed by atoms with van der Waals surface area (Å²) in [4.78, 5) is 3.81. The van der Waals surface area contributed by atoms with Crippen molar-refractivity contribution in [2.75, 3.05) is 0 Å². The molecule has 4 heteroatoms. The summed E-state index contributed by atoms with van der Waals surface area (Å²) >= 11 is 0. The van der Waals surface area contributed by atoms with E-state index in [1.165, 1.54) is 23.0 Å². The third kappa shape index (κ3) is 1.85. The summed E-state index contributed by atoms with van der Waals surface area (Å²) in [6.07, 6.45) is 4.94. The van der Waals surface area contributed by atoms with Gasteiger partial charge in [0.15, 0.2) is 12.4 Å². The maximum Gasteiger partial charge on any atom is 0.182 e. The first-order chi connectivity index (χ1) is 6.86. The first-order valence-corrected chi connectivity index (χ1v) is 4.15. The molecule has 0 saturated heterocycles. The van der Waals surface area contributed by atoms with Gasteiger partial charge in [0.1, 0.15) is 5.82 Å². The Balaban J connectivity index is 2.24. The highest BCUT2D eigenvalue weighted by molar-refractivity contribution is 5.36. The van der Waals surface area contributed by atoms with Crippen LogP contribution in [-0.2, 0) is 0 Å². The highest BCUT2D eigenvalue weighted by Gasteiger charge is 1.97. The van der Waals surface area contributed by atoms with Crippen LogP contribution in [0.4, 0.5) is 10.2 Å². The van der Waals surface area contributed by atoms with Gasteiger partial charge in [-0.05, 0) is 6.07 Å². The summed E-state index contributed by atoms with van der Waals surface area (Å²) in [5, 5.41) is 0. The lowest BCUT2D eigenvalue weighted by Gasteiger charge is -2.07. The van der Waals surface area contributed by atoms with E-state index in [2.05, 4.69) is 10.4 Å². The molecule has 14 heavy (non-hydrogen) atoms. The van der Waals surface area contributed by atoms with E-state index < -0.39 is 5.82 Å². The molecule has 0 unspecified atom stereocenters. The molecule has 0 spiro atoms. The zero-order valence-electron chi connectivity index (χ0n) is 7.34. The van der Waals surface area contributed by atoms with Gasteiger partial charge >= 0.3 is 0 Å². The number of aromatic nitrogens is 2. The molecule has 0 N–H and O–H groups in total. The van der Waals surface area contributed by atoms with Crippen molar-refractivity contribution >= 4 is 5.82 Å². The van der Waals surface area contributed by atoms with Crippen molar-refractivity contribution in [1.82, 2.24) is 4.98 Å². The van der Waals surface area contributed by atoms with Crippen molar-refractivity contribution in [3.8, 4) is 0 Å². The number of hydrogen-bond donors (Lipinski definition) is 0. The zero-order valence-corrected chi connectivity index (χ0v) is 7.34. The van der Waals surface area contributed by atoms with E-state index in [-0.39, 0.29) is 5.82 Å². The minimum Gasteiger partial charge on any atom is -0.436 e. The molecule has 70 valence electrons. The lowest BCUT2D eigenvalue weighted by atomic mass is 10.4. The second-order valence-corrected chi connectivity index (χ2v) is 2.66. The Hall–Kier alpha value is -1.97. The average Bonchev–Trinajstić information content (AvgIpc) is 2.23. The Morgan fingerprint density at radius 3 is 2.64 bits per heavy atom. The maximum atomic E-state index is 13.1. The average molecular weight is 189 g/mol. The summed E-state index contributed by atoms with van der Waals surface area (Å²) < 4.78 is 14.6. The minimum atomic E-state index is -0.427. The standard InChI is InChI=1S/C10H8FN3/c11-9-5-4-6-12-10(9)13-14-7-2-1-3-8-14/h1-8H. The van der Waals surface area contributed by atoms with Crippen molar-refractivity contribution in [2.24, 2.45) is 0 Å². The largest absolute Gasteiger partial charge is 0.436 e. The number of rotatable bonds is 2. The molecule has 2 heterocycles. The van der Waals surface area contributed by atoms with Crippen LogP contribution in [0.15, 0.2) is 48.9 Å². The Morgan fingerprint density at radius 1 is 1.14 bits per heavy atom. The molecule has 0 fully saturated rings. The van der Waals surface area contributed by atoms with Gasteiger partial charge in [0.05, 0.1) is 0 Å². The van der Waals surface area contributed by atoms with Crippen molar-refractivity contribution < 1.29 is 9.07 Å². The van der Waals surface area contributed by atoms with Crippen molar-refractivity contribution in [3.63, 3.8) is 0 Å². The molecule has 0 aliphatic carbocycles. The summed E-state index contributed by atoms with van der Waals surface area (Å²) in [5.74, 6) is -0.340. The van der Waals surface area contributed by atoms with Gasteiger partial charge in [0.2, 0.25) is 0 Å². The third-order valence-electron chi connectivity index (χ3n) is 1.65. The van der Waals surface area contributed by atoms with Crippen LogP contribution < -0.4 is 4.68 Å². The second-order valence-electron chi connectivity index (χ2n) is 2.66. The third-order valence-corrected chi connectivity index (χ3v) is 1.65. The van der Waals surface area contributed by atoms with Crippen LogP contribution in [0.1, 0.15) is 0 Å². The van der Waals surface area contributed by atoms with Crippen molar-refractivity contribution in [3.05, 3.63) is 60.2 Å². The Morgan fingerprint density at radius 2 is 1.93 bits per heavy atom. The molecule has 3 nitrogen and oxygen atoms in total. The molecule has 0 amide bonds. The first-order valence-electron chi connectivity index (χ1n) is 4.15. The molecule has 2 rings (SSSR count). The predicted octanol–water partition coefficient (Wildman–Crippen LogP) is 1.98. The molecule has 2 aromatic rings. The van der Waals surface area contributed by atoms with Crippen LogP contribution in [0.2, 0.25) is 0 Å². The molecule has 0 saturated carbocycles. The molecule has 0 radical (unpaired) electrons. The van der Waals surface area contributed by atoms with Crippen LogP contribution in [0.3, 0.4) is 0 Å². The fourth-order valence-electron chi connectivity index (χ4n) is 1.02. The maximum absolute atomic E-state index is 13.1. The van der Waals surface area contributed by atoms with Crippen LogP contribution >= 0.6 is 0 Å². The normalized spacial score (nSPS) is 9.79. The van der Waals surface area contributed by atoms with Gasteiger partial charge in [0.25, 0.3) is 0 Å². The quantitative estimate of drug-likeness (QED) is 0.664. The highest BCUT2D eigenvalue weighted by Crippen LogP contribution is 2.14. The van der Waals surface area contributed by atoms with Crippen molar-refractivity contribution in [1.29, 1.82) is 0 Å². The van der Waals surface area contributed by atoms with E-state index in [1.807, 2.05) is 18.2 Å². The van der Waals surface area contributed by atoms with E-state index in [0.717, 1.165) is 0 Å². The van der Waals surface area contributed by atoms with Gasteiger partial charge in [-0.2, -0.15) is 10.1 Å². The zero-order chi connectivity index (χ0) is 9.80. The lowest BCUT2D eigenvalue weighted by molar-refractivity contribution is -0.619. The van der Waals surface area contributed by atoms with Gasteiger partial charge in [-0.1, -0.05) is 18.3 Å². The van der Waals surface area contributed by atoms with Crippen LogP contribution in [-0.4, -0.2) is 4.98 Å². The molecule has 0 aliphatic heterocycles. The number of halogens is 1. The molecule has 0 atom stereocenters. The van der Waals surface area contributed by atoms with Gasteiger partial charge in [-0.25, -0.2) is 4.39 Å². The van der Waals surface area contributed by atoms with E-state index in [4.69, 9.17) is 0 Å². The monoisotopic (exact) mass is 189 g/mol. The Bertz CT molecular complexity index is 417. The smallest absolute Gasteiger partial charge is 0.182 e. The topological polar surface area (TPSA) is 30.9 Å². The molecule has 2 aromatic heterocycles. The van der Waals surface area contributed by atoms with E-state index in [9.17, 15) is 4.39 Å². The van der Waals surface area contributed by atoms with Crippen LogP contribution in [0, 0.1) is 5.82 Å². The van der Waals surface area contributed by atoms with Gasteiger partial charge in [-0.3, -0.25) is 0 Å².